The fraction of sp³-hybridized carbons (Fsp3) is 0.500. The molecule has 0 spiro atoms. The number of hydrogen-bond acceptors (Lipinski definition) is 1. The number of rotatable bonds is 4. The van der Waals surface area contributed by atoms with Gasteiger partial charge < -0.3 is 4.90 Å². The lowest BCUT2D eigenvalue weighted by molar-refractivity contribution is 0.386. The molecular formula is C12H19N. The predicted octanol–water partition coefficient (Wildman–Crippen LogP) is 2.74. The monoisotopic (exact) mass is 178 g/mol. The second-order valence-electron chi connectivity index (χ2n) is 3.70. The Kier molecular flexibility index (Phi) is 3.39. The van der Waals surface area contributed by atoms with Crippen molar-refractivity contribution in [3.63, 3.8) is 0 Å². The first-order valence-electron chi connectivity index (χ1n) is 5.22. The van der Waals surface area contributed by atoms with Crippen molar-refractivity contribution in [3.05, 3.63) is 35.9 Å². The molecule has 0 saturated carbocycles. The van der Waals surface area contributed by atoms with E-state index in [4.69, 9.17) is 1.37 Å². The first-order valence-corrected chi connectivity index (χ1v) is 4.72. The van der Waals surface area contributed by atoms with Crippen LogP contribution in [0.15, 0.2) is 30.3 Å². The molecule has 0 aliphatic carbocycles. The highest BCUT2D eigenvalue weighted by Crippen LogP contribution is 2.17. The first-order chi connectivity index (χ1) is 6.52. The lowest BCUT2D eigenvalue weighted by Crippen LogP contribution is -2.14. The molecule has 1 atom stereocenters. The minimum atomic E-state index is -0.467. The Morgan fingerprint density at radius 1 is 1.31 bits per heavy atom. The Labute approximate surface area is 82.8 Å². The zero-order valence-electron chi connectivity index (χ0n) is 9.75. The summed E-state index contributed by atoms with van der Waals surface area (Å²) >= 11 is 0. The first kappa shape index (κ1) is 8.76. The number of benzene rings is 1. The molecule has 1 heteroatoms. The van der Waals surface area contributed by atoms with Crippen molar-refractivity contribution in [1.82, 2.24) is 4.90 Å². The van der Waals surface area contributed by atoms with Gasteiger partial charge in [-0.3, -0.25) is 0 Å². The zero-order valence-corrected chi connectivity index (χ0v) is 8.75. The molecular weight excluding hydrogens is 158 g/mol. The summed E-state index contributed by atoms with van der Waals surface area (Å²) in [6.45, 7) is 2.93. The van der Waals surface area contributed by atoms with Crippen molar-refractivity contribution < 1.29 is 1.37 Å². The lowest BCUT2D eigenvalue weighted by atomic mass is 9.98. The third-order valence-electron chi connectivity index (χ3n) is 2.20. The van der Waals surface area contributed by atoms with E-state index in [1.807, 2.05) is 51.4 Å². The van der Waals surface area contributed by atoms with Crippen LogP contribution in [-0.4, -0.2) is 25.5 Å². The Balaban J connectivity index is 2.66. The molecule has 1 rings (SSSR count). The standard InChI is InChI=1S/C12H19N/c1-11(9-10-13(2)3)12-7-5-4-6-8-12/h4-8,11H,9-10H2,1-3H3/t11-/m0/s1/i11D. The van der Waals surface area contributed by atoms with Crippen LogP contribution in [-0.2, 0) is 0 Å². The van der Waals surface area contributed by atoms with Crippen molar-refractivity contribution in [2.24, 2.45) is 0 Å². The minimum absolute atomic E-state index is 0.467. The molecule has 72 valence electrons. The fourth-order valence-electron chi connectivity index (χ4n) is 1.26. The Bertz CT molecular complexity index is 267. The van der Waals surface area contributed by atoms with Crippen LogP contribution in [0.2, 0.25) is 0 Å². The smallest absolute Gasteiger partial charge is 0.0350 e. The summed E-state index contributed by atoms with van der Waals surface area (Å²) in [7, 11) is 4.09. The van der Waals surface area contributed by atoms with Crippen LogP contribution in [0.4, 0.5) is 0 Å². The van der Waals surface area contributed by atoms with Gasteiger partial charge in [0.1, 0.15) is 0 Å². The van der Waals surface area contributed by atoms with Crippen LogP contribution in [0.1, 0.15) is 26.2 Å². The van der Waals surface area contributed by atoms with E-state index in [9.17, 15) is 0 Å². The molecule has 0 N–H and O–H groups in total. The summed E-state index contributed by atoms with van der Waals surface area (Å²) in [5.74, 6) is -0.467. The molecule has 1 nitrogen and oxygen atoms in total. The lowest BCUT2D eigenvalue weighted by Gasteiger charge is -2.15. The van der Waals surface area contributed by atoms with Crippen LogP contribution in [0.25, 0.3) is 0 Å². The van der Waals surface area contributed by atoms with E-state index in [0.717, 1.165) is 18.5 Å². The molecule has 13 heavy (non-hydrogen) atoms. The molecule has 1 aromatic carbocycles. The molecule has 0 saturated heterocycles. The van der Waals surface area contributed by atoms with Gasteiger partial charge in [-0.05, 0) is 38.5 Å². The highest BCUT2D eigenvalue weighted by atomic mass is 15.0. The van der Waals surface area contributed by atoms with E-state index >= 15 is 0 Å². The third kappa shape index (κ3) is 3.60. The summed E-state index contributed by atoms with van der Waals surface area (Å²) in [6.07, 6.45) is 0.865. The predicted molar refractivity (Wildman–Crippen MR) is 58.0 cm³/mol. The maximum absolute atomic E-state index is 8.23. The second-order valence-corrected chi connectivity index (χ2v) is 3.70. The zero-order chi connectivity index (χ0) is 10.6. The molecule has 0 heterocycles. The topological polar surface area (TPSA) is 3.24 Å². The third-order valence-corrected chi connectivity index (χ3v) is 2.20. The van der Waals surface area contributed by atoms with E-state index in [1.165, 1.54) is 0 Å². The summed E-state index contributed by atoms with van der Waals surface area (Å²) in [4.78, 5) is 2.12. The summed E-state index contributed by atoms with van der Waals surface area (Å²) < 4.78 is 8.23. The molecule has 0 fully saturated rings. The highest BCUT2D eigenvalue weighted by Gasteiger charge is 2.04. The van der Waals surface area contributed by atoms with Gasteiger partial charge in [0.15, 0.2) is 0 Å². The molecule has 0 aromatic heterocycles. The Morgan fingerprint density at radius 2 is 1.92 bits per heavy atom. The van der Waals surface area contributed by atoms with Gasteiger partial charge >= 0.3 is 0 Å². The van der Waals surface area contributed by atoms with Crippen molar-refractivity contribution in [2.45, 2.75) is 19.2 Å². The van der Waals surface area contributed by atoms with E-state index < -0.39 is 5.89 Å². The quantitative estimate of drug-likeness (QED) is 0.685. The molecule has 0 amide bonds. The van der Waals surface area contributed by atoms with Gasteiger partial charge in [0.2, 0.25) is 0 Å². The van der Waals surface area contributed by atoms with Gasteiger partial charge in [0, 0.05) is 1.37 Å². The van der Waals surface area contributed by atoms with E-state index in [1.54, 1.807) is 0 Å². The largest absolute Gasteiger partial charge is 0.309 e. The van der Waals surface area contributed by atoms with Gasteiger partial charge in [-0.1, -0.05) is 37.3 Å². The van der Waals surface area contributed by atoms with Crippen molar-refractivity contribution in [2.75, 3.05) is 20.6 Å². The Morgan fingerprint density at radius 3 is 2.46 bits per heavy atom. The van der Waals surface area contributed by atoms with Crippen LogP contribution >= 0.6 is 0 Å². The molecule has 0 aliphatic heterocycles. The summed E-state index contributed by atoms with van der Waals surface area (Å²) in [5, 5.41) is 0. The average molecular weight is 178 g/mol. The van der Waals surface area contributed by atoms with Crippen molar-refractivity contribution >= 4 is 0 Å². The maximum atomic E-state index is 8.23. The van der Waals surface area contributed by atoms with E-state index in [0.29, 0.717) is 0 Å². The SMILES string of the molecule is [2H][C@](C)(CCN(C)C)c1ccccc1. The van der Waals surface area contributed by atoms with Gasteiger partial charge in [-0.25, -0.2) is 0 Å². The highest BCUT2D eigenvalue weighted by molar-refractivity contribution is 5.18. The van der Waals surface area contributed by atoms with Gasteiger partial charge in [0.05, 0.1) is 0 Å². The van der Waals surface area contributed by atoms with Crippen LogP contribution in [0.5, 0.6) is 0 Å². The van der Waals surface area contributed by atoms with Gasteiger partial charge in [0.25, 0.3) is 0 Å². The van der Waals surface area contributed by atoms with Gasteiger partial charge in [-0.15, -0.1) is 0 Å². The second kappa shape index (κ2) is 5.03. The number of hydrogen-bond donors (Lipinski definition) is 0. The van der Waals surface area contributed by atoms with E-state index in [2.05, 4.69) is 4.90 Å². The minimum Gasteiger partial charge on any atom is -0.309 e. The molecule has 1 aromatic rings. The molecule has 0 aliphatic rings. The number of nitrogens with zero attached hydrogens (tertiary/aromatic N) is 1. The average Bonchev–Trinajstić information content (AvgIpc) is 2.16. The summed E-state index contributed by atoms with van der Waals surface area (Å²) in [5.41, 5.74) is 1.10. The van der Waals surface area contributed by atoms with Crippen LogP contribution in [0.3, 0.4) is 0 Å². The fourth-order valence-corrected chi connectivity index (χ4v) is 1.26. The van der Waals surface area contributed by atoms with Crippen molar-refractivity contribution in [3.8, 4) is 0 Å². The van der Waals surface area contributed by atoms with Crippen LogP contribution in [0, 0.1) is 0 Å². The molecule has 0 bridgehead atoms. The van der Waals surface area contributed by atoms with Crippen LogP contribution < -0.4 is 0 Å². The normalized spacial score (nSPS) is 16.8. The van der Waals surface area contributed by atoms with Crippen molar-refractivity contribution in [1.29, 1.82) is 0 Å². The molecule has 0 radical (unpaired) electrons. The van der Waals surface area contributed by atoms with Gasteiger partial charge in [-0.2, -0.15) is 0 Å². The van der Waals surface area contributed by atoms with E-state index in [-0.39, 0.29) is 0 Å². The maximum Gasteiger partial charge on any atom is 0.0350 e. The molecule has 0 unspecified atom stereocenters. The summed E-state index contributed by atoms with van der Waals surface area (Å²) in [6, 6.07) is 10.0. The Hall–Kier alpha value is -0.820.